The van der Waals surface area contributed by atoms with Crippen LogP contribution in [0.5, 0.6) is 0 Å². The van der Waals surface area contributed by atoms with Crippen molar-refractivity contribution < 1.29 is 34.1 Å². The molecule has 0 unspecified atom stereocenters. The van der Waals surface area contributed by atoms with Crippen LogP contribution in [0.2, 0.25) is 0 Å². The first-order valence-corrected chi connectivity index (χ1v) is 6.20. The van der Waals surface area contributed by atoms with Crippen molar-refractivity contribution in [1.82, 2.24) is 11.0 Å². The van der Waals surface area contributed by atoms with E-state index in [2.05, 4.69) is 20.1 Å². The maximum atomic E-state index is 10.3. The van der Waals surface area contributed by atoms with Crippen molar-refractivity contribution in [3.63, 3.8) is 0 Å². The van der Waals surface area contributed by atoms with Crippen LogP contribution in [-0.2, 0) is 23.8 Å². The summed E-state index contributed by atoms with van der Waals surface area (Å²) in [5.74, 6) is 8.48. The van der Waals surface area contributed by atoms with Crippen LogP contribution in [0, 0.1) is 0 Å². The molecule has 22 heavy (non-hydrogen) atoms. The Labute approximate surface area is 130 Å². The fourth-order valence-electron chi connectivity index (χ4n) is 0.554. The largest absolute Gasteiger partial charge is 0.469 e. The van der Waals surface area contributed by atoms with Crippen molar-refractivity contribution in [3.05, 3.63) is 0 Å². The second-order valence-corrected chi connectivity index (χ2v) is 3.07. The van der Waals surface area contributed by atoms with Gasteiger partial charge in [0.25, 0.3) is 0 Å². The maximum absolute atomic E-state index is 10.3. The molecule has 0 atom stereocenters. The molecule has 1 amide bonds. The van der Waals surface area contributed by atoms with Gasteiger partial charge in [-0.05, 0) is 6.92 Å². The Morgan fingerprint density at radius 3 is 1.68 bits per heavy atom. The normalized spacial score (nSPS) is 8.00. The Bertz CT molecular complexity index is 199. The average Bonchev–Trinajstić information content (AvgIpc) is 2.52. The third-order valence-corrected chi connectivity index (χ3v) is 1.43. The molecule has 136 valence electrons. The van der Waals surface area contributed by atoms with E-state index in [1.54, 1.807) is 14.0 Å². The number of esters is 1. The van der Waals surface area contributed by atoms with Gasteiger partial charge in [0.15, 0.2) is 0 Å². The molecule has 0 radical (unpaired) electrons. The molecule has 11 nitrogen and oxygen atoms in total. The zero-order valence-corrected chi connectivity index (χ0v) is 13.6. The molecule has 0 aromatic carbocycles. The van der Waals surface area contributed by atoms with Crippen molar-refractivity contribution in [2.24, 2.45) is 11.7 Å². The fraction of sp³-hybridized carbons (Fsp3) is 0.818. The topological polar surface area (TPSA) is 178 Å². The molecule has 0 heterocycles. The van der Waals surface area contributed by atoms with E-state index in [1.165, 1.54) is 19.8 Å². The van der Waals surface area contributed by atoms with E-state index in [0.29, 0.717) is 26.1 Å². The molecule has 0 aromatic heterocycles. The SMILES string of the molecule is CCO.COCCC(=O)NN.COCCC(=O)OC.NNO. The minimum Gasteiger partial charge on any atom is -0.469 e. The maximum Gasteiger partial charge on any atom is 0.307 e. The number of hydrazine groups is 2. The van der Waals surface area contributed by atoms with Gasteiger partial charge in [-0.1, -0.05) is 0 Å². The summed E-state index contributed by atoms with van der Waals surface area (Å²) in [5.41, 5.74) is 3.23. The summed E-state index contributed by atoms with van der Waals surface area (Å²) in [4.78, 5) is 20.5. The van der Waals surface area contributed by atoms with Crippen LogP contribution >= 0.6 is 0 Å². The Kier molecular flexibility index (Phi) is 41.7. The van der Waals surface area contributed by atoms with Crippen LogP contribution in [0.4, 0.5) is 0 Å². The predicted octanol–water partition coefficient (Wildman–Crippen LogP) is -1.95. The fourth-order valence-corrected chi connectivity index (χ4v) is 0.554. The number of aliphatic hydroxyl groups is 1. The molecular weight excluding hydrogens is 300 g/mol. The van der Waals surface area contributed by atoms with Crippen LogP contribution in [0.15, 0.2) is 0 Å². The number of nitrogens with one attached hydrogen (secondary N) is 2. The second kappa shape index (κ2) is 31.9. The van der Waals surface area contributed by atoms with Gasteiger partial charge in [-0.2, -0.15) is 0 Å². The summed E-state index contributed by atoms with van der Waals surface area (Å²) < 4.78 is 13.5. The highest BCUT2D eigenvalue weighted by Gasteiger charge is 1.95. The Morgan fingerprint density at radius 2 is 1.41 bits per heavy atom. The lowest BCUT2D eigenvalue weighted by molar-refractivity contribution is -0.141. The number of carbonyl (C=O) groups excluding carboxylic acids is 2. The molecule has 0 aromatic rings. The molecule has 0 saturated carbocycles. The lowest BCUT2D eigenvalue weighted by atomic mass is 10.4. The van der Waals surface area contributed by atoms with E-state index in [4.69, 9.17) is 16.2 Å². The lowest BCUT2D eigenvalue weighted by Gasteiger charge is -1.95. The Hall–Kier alpha value is -1.34. The summed E-state index contributed by atoms with van der Waals surface area (Å²) >= 11 is 0. The summed E-state index contributed by atoms with van der Waals surface area (Å²) in [6, 6.07) is 0. The summed E-state index contributed by atoms with van der Waals surface area (Å²) in [6.45, 7) is 2.79. The number of hydrogen-bond donors (Lipinski definition) is 6. The number of amides is 1. The third kappa shape index (κ3) is 51.2. The van der Waals surface area contributed by atoms with Crippen molar-refractivity contribution in [1.29, 1.82) is 0 Å². The molecule has 8 N–H and O–H groups in total. The minimum atomic E-state index is -0.230. The number of aliphatic hydroxyl groups excluding tert-OH is 1. The first-order chi connectivity index (χ1) is 10.4. The van der Waals surface area contributed by atoms with Gasteiger partial charge in [-0.25, -0.2) is 11.7 Å². The van der Waals surface area contributed by atoms with Crippen LogP contribution in [0.1, 0.15) is 19.8 Å². The van der Waals surface area contributed by atoms with Crippen LogP contribution in [0.25, 0.3) is 0 Å². The van der Waals surface area contributed by atoms with Gasteiger partial charge < -0.3 is 24.5 Å². The smallest absolute Gasteiger partial charge is 0.307 e. The van der Waals surface area contributed by atoms with Crippen LogP contribution < -0.4 is 22.7 Å². The number of ether oxygens (including phenoxy) is 3. The summed E-state index contributed by atoms with van der Waals surface area (Å²) in [6.07, 6.45) is 0.667. The van der Waals surface area contributed by atoms with E-state index in [-0.39, 0.29) is 18.5 Å². The van der Waals surface area contributed by atoms with Gasteiger partial charge >= 0.3 is 5.97 Å². The number of carbonyl (C=O) groups is 2. The molecule has 0 saturated heterocycles. The van der Waals surface area contributed by atoms with E-state index >= 15 is 0 Å². The van der Waals surface area contributed by atoms with Crippen molar-refractivity contribution >= 4 is 11.9 Å². The summed E-state index contributed by atoms with van der Waals surface area (Å²) in [7, 11) is 4.44. The monoisotopic (exact) mass is 330 g/mol. The summed E-state index contributed by atoms with van der Waals surface area (Å²) in [5, 5.41) is 14.7. The van der Waals surface area contributed by atoms with Gasteiger partial charge in [-0.15, -0.1) is 5.59 Å². The van der Waals surface area contributed by atoms with Crippen molar-refractivity contribution in [2.75, 3.05) is 41.2 Å². The number of rotatable bonds is 6. The molecule has 0 spiro atoms. The highest BCUT2D eigenvalue weighted by molar-refractivity contribution is 5.75. The first kappa shape index (κ1) is 28.8. The van der Waals surface area contributed by atoms with Crippen LogP contribution in [0.3, 0.4) is 0 Å². The van der Waals surface area contributed by atoms with Gasteiger partial charge in [0.05, 0.1) is 33.2 Å². The quantitative estimate of drug-likeness (QED) is 0.139. The number of nitrogens with two attached hydrogens (primary N) is 2. The molecule has 0 bridgehead atoms. The van der Waals surface area contributed by atoms with Gasteiger partial charge in [0.2, 0.25) is 5.91 Å². The highest BCUT2D eigenvalue weighted by Crippen LogP contribution is 1.82. The molecule has 0 aliphatic rings. The van der Waals surface area contributed by atoms with E-state index < -0.39 is 0 Å². The van der Waals surface area contributed by atoms with Crippen molar-refractivity contribution in [3.8, 4) is 0 Å². The standard InChI is InChI=1S/C5H10O3.C4H10N2O2.C2H6O.H4N2O/c1-7-4-3-5(6)8-2;1-8-3-2-4(7)6-5;2*1-2-3/h3-4H2,1-2H3;2-3,5H2,1H3,(H,6,7);3H,2H2,1H3;2-3H,1H2. The zero-order valence-electron chi connectivity index (χ0n) is 13.6. The van der Waals surface area contributed by atoms with Crippen molar-refractivity contribution in [2.45, 2.75) is 19.8 Å². The zero-order chi connectivity index (χ0) is 18.2. The van der Waals surface area contributed by atoms with Gasteiger partial charge in [0.1, 0.15) is 0 Å². The van der Waals surface area contributed by atoms with Gasteiger partial charge in [-0.3, -0.25) is 15.0 Å². The average molecular weight is 330 g/mol. The molecular formula is C11H30N4O7. The predicted molar refractivity (Wildman–Crippen MR) is 79.2 cm³/mol. The number of methoxy groups -OCH3 is 3. The molecule has 11 heteroatoms. The minimum absolute atomic E-state index is 0.202. The van der Waals surface area contributed by atoms with Crippen LogP contribution in [-0.4, -0.2) is 63.3 Å². The molecule has 0 aliphatic heterocycles. The number of hydrogen-bond acceptors (Lipinski definition) is 10. The second-order valence-electron chi connectivity index (χ2n) is 3.07. The first-order valence-electron chi connectivity index (χ1n) is 6.20. The Balaban J connectivity index is -0.000000109. The third-order valence-electron chi connectivity index (χ3n) is 1.43. The van der Waals surface area contributed by atoms with E-state index in [1.807, 2.05) is 5.43 Å². The highest BCUT2D eigenvalue weighted by atomic mass is 16.5. The molecule has 0 fully saturated rings. The van der Waals surface area contributed by atoms with E-state index in [9.17, 15) is 9.59 Å². The lowest BCUT2D eigenvalue weighted by Crippen LogP contribution is -2.30. The molecule has 0 rings (SSSR count). The van der Waals surface area contributed by atoms with E-state index in [0.717, 1.165) is 0 Å². The molecule has 0 aliphatic carbocycles. The van der Waals surface area contributed by atoms with Gasteiger partial charge in [0, 0.05) is 20.8 Å². The Morgan fingerprint density at radius 1 is 1.05 bits per heavy atom.